The zero-order chi connectivity index (χ0) is 13.1. The molecule has 2 bridgehead atoms. The number of nitrogens with one attached hydrogen (secondary N) is 2. The van der Waals surface area contributed by atoms with E-state index in [0.29, 0.717) is 24.4 Å². The van der Waals surface area contributed by atoms with Gasteiger partial charge in [0.25, 0.3) is 0 Å². The van der Waals surface area contributed by atoms with Crippen molar-refractivity contribution in [1.82, 2.24) is 10.6 Å². The van der Waals surface area contributed by atoms with Crippen LogP contribution in [0, 0.1) is 5.92 Å². The van der Waals surface area contributed by atoms with Crippen LogP contribution in [-0.2, 0) is 9.59 Å². The fourth-order valence-corrected chi connectivity index (χ4v) is 2.99. The molecule has 2 rings (SSSR count). The summed E-state index contributed by atoms with van der Waals surface area (Å²) in [6.45, 7) is -0.0913. The molecule has 2 aliphatic heterocycles. The SMILES string of the molecule is NC(=O)C(O)CNC(=O)CC1CC2CCC(C1)N2. The number of aliphatic hydroxyl groups excluding tert-OH is 1. The summed E-state index contributed by atoms with van der Waals surface area (Å²) in [7, 11) is 0. The van der Waals surface area contributed by atoms with Crippen LogP contribution in [0.1, 0.15) is 32.1 Å². The zero-order valence-electron chi connectivity index (χ0n) is 10.4. The van der Waals surface area contributed by atoms with E-state index in [9.17, 15) is 14.7 Å². The summed E-state index contributed by atoms with van der Waals surface area (Å²) in [4.78, 5) is 22.3. The smallest absolute Gasteiger partial charge is 0.248 e. The van der Waals surface area contributed by atoms with Crippen LogP contribution in [0.25, 0.3) is 0 Å². The minimum absolute atomic E-state index is 0.0913. The molecule has 0 spiro atoms. The van der Waals surface area contributed by atoms with Crippen LogP contribution in [0.15, 0.2) is 0 Å². The third-order valence-electron chi connectivity index (χ3n) is 3.87. The third-order valence-corrected chi connectivity index (χ3v) is 3.87. The van der Waals surface area contributed by atoms with Gasteiger partial charge in [0, 0.05) is 18.5 Å². The van der Waals surface area contributed by atoms with E-state index in [1.54, 1.807) is 0 Å². The minimum atomic E-state index is -1.29. The van der Waals surface area contributed by atoms with Gasteiger partial charge in [0.05, 0.1) is 6.54 Å². The molecule has 2 aliphatic rings. The summed E-state index contributed by atoms with van der Waals surface area (Å²) in [5.74, 6) is -0.508. The van der Waals surface area contributed by atoms with Crippen molar-refractivity contribution in [3.63, 3.8) is 0 Å². The van der Waals surface area contributed by atoms with Gasteiger partial charge in [0.1, 0.15) is 6.10 Å². The first-order valence-electron chi connectivity index (χ1n) is 6.54. The van der Waals surface area contributed by atoms with E-state index >= 15 is 0 Å². The molecule has 102 valence electrons. The molecule has 0 aromatic heterocycles. The second kappa shape index (κ2) is 5.67. The Kier molecular flexibility index (Phi) is 4.19. The molecule has 18 heavy (non-hydrogen) atoms. The predicted molar refractivity (Wildman–Crippen MR) is 65.5 cm³/mol. The Balaban J connectivity index is 1.69. The lowest BCUT2D eigenvalue weighted by Gasteiger charge is -2.28. The monoisotopic (exact) mass is 255 g/mol. The molecule has 0 aromatic carbocycles. The largest absolute Gasteiger partial charge is 0.381 e. The summed E-state index contributed by atoms with van der Waals surface area (Å²) < 4.78 is 0. The highest BCUT2D eigenvalue weighted by atomic mass is 16.3. The fourth-order valence-electron chi connectivity index (χ4n) is 2.99. The van der Waals surface area contributed by atoms with Crippen LogP contribution >= 0.6 is 0 Å². The van der Waals surface area contributed by atoms with Gasteiger partial charge >= 0.3 is 0 Å². The number of carbonyl (C=O) groups is 2. The van der Waals surface area contributed by atoms with Crippen molar-refractivity contribution >= 4 is 11.8 Å². The number of primary amides is 1. The zero-order valence-corrected chi connectivity index (χ0v) is 10.4. The second-order valence-electron chi connectivity index (χ2n) is 5.40. The van der Waals surface area contributed by atoms with Crippen molar-refractivity contribution < 1.29 is 14.7 Å². The number of amides is 2. The van der Waals surface area contributed by atoms with Gasteiger partial charge in [-0.25, -0.2) is 0 Å². The van der Waals surface area contributed by atoms with E-state index in [4.69, 9.17) is 5.73 Å². The number of aliphatic hydroxyl groups is 1. The lowest BCUT2D eigenvalue weighted by Crippen LogP contribution is -2.42. The summed E-state index contributed by atoms with van der Waals surface area (Å²) in [5.41, 5.74) is 4.90. The quantitative estimate of drug-likeness (QED) is 0.499. The molecule has 0 aromatic rings. The maximum Gasteiger partial charge on any atom is 0.248 e. The maximum absolute atomic E-state index is 11.7. The van der Waals surface area contributed by atoms with Crippen LogP contribution in [0.2, 0.25) is 0 Å². The highest BCUT2D eigenvalue weighted by Crippen LogP contribution is 2.32. The Morgan fingerprint density at radius 1 is 1.33 bits per heavy atom. The molecule has 6 nitrogen and oxygen atoms in total. The molecule has 3 atom stereocenters. The van der Waals surface area contributed by atoms with Gasteiger partial charge in [0.2, 0.25) is 11.8 Å². The summed E-state index contributed by atoms with van der Waals surface area (Å²) in [5, 5.41) is 15.3. The molecular formula is C12H21N3O3. The Bertz CT molecular complexity index is 323. The summed E-state index contributed by atoms with van der Waals surface area (Å²) >= 11 is 0. The number of hydrogen-bond acceptors (Lipinski definition) is 4. The van der Waals surface area contributed by atoms with Gasteiger partial charge in [-0.3, -0.25) is 9.59 Å². The number of fused-ring (bicyclic) bond motifs is 2. The van der Waals surface area contributed by atoms with E-state index in [1.165, 1.54) is 12.8 Å². The van der Waals surface area contributed by atoms with Crippen molar-refractivity contribution in [2.45, 2.75) is 50.3 Å². The molecule has 6 heteroatoms. The van der Waals surface area contributed by atoms with E-state index in [1.807, 2.05) is 0 Å². The lowest BCUT2D eigenvalue weighted by atomic mass is 9.89. The third kappa shape index (κ3) is 3.43. The summed E-state index contributed by atoms with van der Waals surface area (Å²) in [6.07, 6.45) is 3.69. The van der Waals surface area contributed by atoms with Crippen molar-refractivity contribution in [3.8, 4) is 0 Å². The van der Waals surface area contributed by atoms with Crippen molar-refractivity contribution in [2.24, 2.45) is 11.7 Å². The Morgan fingerprint density at radius 3 is 2.50 bits per heavy atom. The topological polar surface area (TPSA) is 104 Å². The molecule has 2 saturated heterocycles. The first-order chi connectivity index (χ1) is 8.54. The molecule has 0 aliphatic carbocycles. The molecule has 5 N–H and O–H groups in total. The maximum atomic E-state index is 11.7. The number of carbonyl (C=O) groups excluding carboxylic acids is 2. The van der Waals surface area contributed by atoms with Crippen LogP contribution < -0.4 is 16.4 Å². The Morgan fingerprint density at radius 2 is 1.94 bits per heavy atom. The Labute approximate surface area is 106 Å². The molecule has 0 saturated carbocycles. The number of hydrogen-bond donors (Lipinski definition) is 4. The second-order valence-corrected chi connectivity index (χ2v) is 5.40. The number of piperidine rings is 1. The Hall–Kier alpha value is -1.14. The fraction of sp³-hybridized carbons (Fsp3) is 0.833. The van der Waals surface area contributed by atoms with Gasteiger partial charge < -0.3 is 21.5 Å². The lowest BCUT2D eigenvalue weighted by molar-refractivity contribution is -0.127. The van der Waals surface area contributed by atoms with Crippen LogP contribution in [0.4, 0.5) is 0 Å². The van der Waals surface area contributed by atoms with E-state index < -0.39 is 12.0 Å². The number of rotatable bonds is 5. The first-order valence-corrected chi connectivity index (χ1v) is 6.54. The average molecular weight is 255 g/mol. The average Bonchev–Trinajstić information content (AvgIpc) is 2.65. The van der Waals surface area contributed by atoms with Gasteiger partial charge in [-0.05, 0) is 31.6 Å². The standard InChI is InChI=1S/C12H21N3O3/c13-12(18)10(16)6-14-11(17)5-7-3-8-1-2-9(4-7)15-8/h7-10,15-16H,1-6H2,(H2,13,18)(H,14,17). The van der Waals surface area contributed by atoms with E-state index in [2.05, 4.69) is 10.6 Å². The van der Waals surface area contributed by atoms with Gasteiger partial charge in [-0.2, -0.15) is 0 Å². The van der Waals surface area contributed by atoms with Crippen LogP contribution in [0.5, 0.6) is 0 Å². The van der Waals surface area contributed by atoms with Crippen molar-refractivity contribution in [3.05, 3.63) is 0 Å². The highest BCUT2D eigenvalue weighted by molar-refractivity contribution is 5.81. The summed E-state index contributed by atoms with van der Waals surface area (Å²) in [6, 6.07) is 1.13. The predicted octanol–water partition coefficient (Wildman–Crippen LogP) is -1.13. The van der Waals surface area contributed by atoms with Crippen LogP contribution in [0.3, 0.4) is 0 Å². The van der Waals surface area contributed by atoms with Gasteiger partial charge in [0.15, 0.2) is 0 Å². The van der Waals surface area contributed by atoms with Gasteiger partial charge in [-0.1, -0.05) is 0 Å². The van der Waals surface area contributed by atoms with Crippen molar-refractivity contribution in [2.75, 3.05) is 6.54 Å². The molecule has 2 fully saturated rings. The van der Waals surface area contributed by atoms with Gasteiger partial charge in [-0.15, -0.1) is 0 Å². The van der Waals surface area contributed by atoms with Crippen LogP contribution in [-0.4, -0.2) is 41.7 Å². The highest BCUT2D eigenvalue weighted by Gasteiger charge is 2.34. The van der Waals surface area contributed by atoms with E-state index in [0.717, 1.165) is 12.8 Å². The molecule has 3 unspecified atom stereocenters. The normalized spacial score (nSPS) is 31.9. The van der Waals surface area contributed by atoms with E-state index in [-0.39, 0.29) is 12.5 Å². The molecule has 0 radical (unpaired) electrons. The first kappa shape index (κ1) is 13.3. The minimum Gasteiger partial charge on any atom is -0.381 e. The molecular weight excluding hydrogens is 234 g/mol. The molecule has 2 amide bonds. The molecule has 2 heterocycles. The number of nitrogens with two attached hydrogens (primary N) is 1. The van der Waals surface area contributed by atoms with Crippen molar-refractivity contribution in [1.29, 1.82) is 0 Å².